The predicted octanol–water partition coefficient (Wildman–Crippen LogP) is 1.56. The minimum Gasteiger partial charge on any atom is -0.497 e. The molecule has 7 nitrogen and oxygen atoms in total. The number of hydrogen-bond acceptors (Lipinski definition) is 5. The highest BCUT2D eigenvalue weighted by Gasteiger charge is 2.21. The highest BCUT2D eigenvalue weighted by molar-refractivity contribution is 5.78. The summed E-state index contributed by atoms with van der Waals surface area (Å²) in [5.41, 5.74) is 1.89. The molecule has 0 saturated heterocycles. The Balaban J connectivity index is 1.56. The number of amides is 1. The van der Waals surface area contributed by atoms with Gasteiger partial charge >= 0.3 is 0 Å². The molecule has 2 heterocycles. The van der Waals surface area contributed by atoms with Gasteiger partial charge in [-0.1, -0.05) is 13.0 Å². The van der Waals surface area contributed by atoms with Gasteiger partial charge in [-0.3, -0.25) is 9.59 Å². The van der Waals surface area contributed by atoms with Gasteiger partial charge in [-0.05, 0) is 25.0 Å². The minimum absolute atomic E-state index is 0.0273. The summed E-state index contributed by atoms with van der Waals surface area (Å²) in [5.74, 6) is 2.24. The lowest BCUT2D eigenvalue weighted by Crippen LogP contribution is -2.36. The van der Waals surface area contributed by atoms with Gasteiger partial charge in [-0.2, -0.15) is 0 Å². The first kappa shape index (κ1) is 18.9. The molecule has 1 aliphatic heterocycles. The number of carbonyl (C=O) groups is 1. The molecular weight excluding hydrogens is 346 g/mol. The summed E-state index contributed by atoms with van der Waals surface area (Å²) in [7, 11) is 1.63. The van der Waals surface area contributed by atoms with Gasteiger partial charge in [-0.25, -0.2) is 4.98 Å². The molecule has 0 radical (unpaired) electrons. The Labute approximate surface area is 158 Å². The number of fused-ring (bicyclic) bond motifs is 1. The second kappa shape index (κ2) is 8.24. The highest BCUT2D eigenvalue weighted by Crippen LogP contribution is 2.30. The molecule has 2 aromatic rings. The van der Waals surface area contributed by atoms with Gasteiger partial charge < -0.3 is 19.8 Å². The molecule has 0 unspecified atom stereocenters. The topological polar surface area (TPSA) is 93.3 Å². The second-order valence-corrected chi connectivity index (χ2v) is 6.77. The highest BCUT2D eigenvalue weighted by atomic mass is 16.5. The van der Waals surface area contributed by atoms with Crippen molar-refractivity contribution in [1.29, 1.82) is 0 Å². The van der Waals surface area contributed by atoms with Gasteiger partial charge in [0, 0.05) is 36.2 Å². The summed E-state index contributed by atoms with van der Waals surface area (Å²) in [6.07, 6.45) is 1.50. The van der Waals surface area contributed by atoms with Crippen LogP contribution in [0.5, 0.6) is 11.5 Å². The zero-order chi connectivity index (χ0) is 19.4. The van der Waals surface area contributed by atoms with E-state index in [1.54, 1.807) is 14.0 Å². The van der Waals surface area contributed by atoms with Gasteiger partial charge in [0.2, 0.25) is 5.91 Å². The molecule has 0 fully saturated rings. The van der Waals surface area contributed by atoms with E-state index >= 15 is 0 Å². The average molecular weight is 371 g/mol. The molecule has 0 saturated carbocycles. The number of nitrogens with one attached hydrogen (secondary N) is 2. The summed E-state index contributed by atoms with van der Waals surface area (Å²) in [6, 6.07) is 5.78. The number of ether oxygens (including phenoxy) is 2. The van der Waals surface area contributed by atoms with Crippen molar-refractivity contribution in [1.82, 2.24) is 15.3 Å². The maximum absolute atomic E-state index is 12.3. The number of rotatable bonds is 6. The Morgan fingerprint density at radius 3 is 2.96 bits per heavy atom. The number of carbonyl (C=O) groups excluding carboxylic acids is 1. The standard InChI is InChI=1S/C20H25N3O4/c1-4-18-22-12(2)16(20(25)23-18)9-19(24)21-10-13-7-14-5-6-15(26-3)8-17(14)27-11-13/h5-6,8,13H,4,7,9-11H2,1-3H3,(H,21,24)(H,22,23,25)/t13-/m1/s1. The first-order valence-electron chi connectivity index (χ1n) is 9.15. The zero-order valence-electron chi connectivity index (χ0n) is 15.9. The minimum atomic E-state index is -0.238. The van der Waals surface area contributed by atoms with Crippen LogP contribution in [0.4, 0.5) is 0 Å². The second-order valence-electron chi connectivity index (χ2n) is 6.77. The molecule has 0 aliphatic carbocycles. The van der Waals surface area contributed by atoms with Crippen molar-refractivity contribution < 1.29 is 14.3 Å². The maximum atomic E-state index is 12.3. The normalized spacial score (nSPS) is 15.6. The van der Waals surface area contributed by atoms with Crippen LogP contribution in [0.15, 0.2) is 23.0 Å². The summed E-state index contributed by atoms with van der Waals surface area (Å²) >= 11 is 0. The molecular formula is C20H25N3O4. The van der Waals surface area contributed by atoms with Crippen LogP contribution in [0, 0.1) is 12.8 Å². The number of aromatic amines is 1. The van der Waals surface area contributed by atoms with Crippen LogP contribution in [-0.4, -0.2) is 36.1 Å². The van der Waals surface area contributed by atoms with Crippen LogP contribution in [0.1, 0.15) is 29.6 Å². The Bertz CT molecular complexity index is 891. The Kier molecular flexibility index (Phi) is 5.78. The largest absolute Gasteiger partial charge is 0.497 e. The van der Waals surface area contributed by atoms with Crippen molar-refractivity contribution in [2.45, 2.75) is 33.1 Å². The van der Waals surface area contributed by atoms with Crippen molar-refractivity contribution in [3.8, 4) is 11.5 Å². The van der Waals surface area contributed by atoms with Gasteiger partial charge in [0.25, 0.3) is 5.56 Å². The fraction of sp³-hybridized carbons (Fsp3) is 0.450. The maximum Gasteiger partial charge on any atom is 0.254 e. The predicted molar refractivity (Wildman–Crippen MR) is 101 cm³/mol. The van der Waals surface area contributed by atoms with Crippen LogP contribution in [0.25, 0.3) is 0 Å². The van der Waals surface area contributed by atoms with Gasteiger partial charge in [0.1, 0.15) is 17.3 Å². The van der Waals surface area contributed by atoms with Crippen molar-refractivity contribution in [2.24, 2.45) is 5.92 Å². The molecule has 3 rings (SSSR count). The molecule has 0 spiro atoms. The Hall–Kier alpha value is -2.83. The van der Waals surface area contributed by atoms with E-state index in [9.17, 15) is 9.59 Å². The van der Waals surface area contributed by atoms with E-state index in [0.717, 1.165) is 23.5 Å². The fourth-order valence-electron chi connectivity index (χ4n) is 3.20. The van der Waals surface area contributed by atoms with E-state index in [1.807, 2.05) is 25.1 Å². The van der Waals surface area contributed by atoms with Crippen LogP contribution in [0.3, 0.4) is 0 Å². The van der Waals surface area contributed by atoms with E-state index in [-0.39, 0.29) is 23.8 Å². The number of benzene rings is 1. The number of H-pyrrole nitrogens is 1. The van der Waals surface area contributed by atoms with Gasteiger partial charge in [-0.15, -0.1) is 0 Å². The monoisotopic (exact) mass is 371 g/mol. The fourth-order valence-corrected chi connectivity index (χ4v) is 3.20. The van der Waals surface area contributed by atoms with Crippen molar-refractivity contribution in [2.75, 3.05) is 20.3 Å². The smallest absolute Gasteiger partial charge is 0.254 e. The lowest BCUT2D eigenvalue weighted by molar-refractivity contribution is -0.120. The molecule has 7 heteroatoms. The molecule has 0 bridgehead atoms. The molecule has 144 valence electrons. The van der Waals surface area contributed by atoms with Gasteiger partial charge in [0.05, 0.1) is 20.1 Å². The summed E-state index contributed by atoms with van der Waals surface area (Å²) in [5, 5.41) is 2.91. The number of hydrogen-bond donors (Lipinski definition) is 2. The third-order valence-electron chi connectivity index (χ3n) is 4.79. The molecule has 1 aromatic carbocycles. The summed E-state index contributed by atoms with van der Waals surface area (Å²) < 4.78 is 11.0. The van der Waals surface area contributed by atoms with E-state index < -0.39 is 0 Å². The van der Waals surface area contributed by atoms with Crippen LogP contribution < -0.4 is 20.3 Å². The molecule has 1 atom stereocenters. The van der Waals surface area contributed by atoms with E-state index in [4.69, 9.17) is 9.47 Å². The SMILES string of the molecule is CCc1nc(C)c(CC(=O)NC[C@@H]2COc3cc(OC)ccc3C2)c(=O)[nH]1. The van der Waals surface area contributed by atoms with Crippen LogP contribution in [0.2, 0.25) is 0 Å². The average Bonchev–Trinajstić information content (AvgIpc) is 2.68. The summed E-state index contributed by atoms with van der Waals surface area (Å²) in [4.78, 5) is 31.5. The Morgan fingerprint density at radius 1 is 1.44 bits per heavy atom. The lowest BCUT2D eigenvalue weighted by atomic mass is 9.96. The number of aromatic nitrogens is 2. The molecule has 1 aliphatic rings. The number of methoxy groups -OCH3 is 1. The third kappa shape index (κ3) is 4.48. The third-order valence-corrected chi connectivity index (χ3v) is 4.79. The van der Waals surface area contributed by atoms with E-state index in [1.165, 1.54) is 0 Å². The molecule has 1 aromatic heterocycles. The molecule has 1 amide bonds. The van der Waals surface area contributed by atoms with Crippen molar-refractivity contribution in [3.63, 3.8) is 0 Å². The number of nitrogens with zero attached hydrogens (tertiary/aromatic N) is 1. The van der Waals surface area contributed by atoms with Crippen molar-refractivity contribution >= 4 is 5.91 Å². The quantitative estimate of drug-likeness (QED) is 0.804. The Morgan fingerprint density at radius 2 is 2.26 bits per heavy atom. The first-order chi connectivity index (χ1) is 13.0. The summed E-state index contributed by atoms with van der Waals surface area (Å²) in [6.45, 7) is 4.72. The zero-order valence-corrected chi connectivity index (χ0v) is 15.9. The van der Waals surface area contributed by atoms with Gasteiger partial charge in [0.15, 0.2) is 0 Å². The molecule has 2 N–H and O–H groups in total. The molecule has 27 heavy (non-hydrogen) atoms. The number of aryl methyl sites for hydroxylation is 2. The van der Waals surface area contributed by atoms with Crippen LogP contribution in [-0.2, 0) is 24.1 Å². The van der Waals surface area contributed by atoms with Crippen LogP contribution >= 0.6 is 0 Å². The van der Waals surface area contributed by atoms with E-state index in [2.05, 4.69) is 15.3 Å². The van der Waals surface area contributed by atoms with Crippen molar-refractivity contribution in [3.05, 3.63) is 51.2 Å². The lowest BCUT2D eigenvalue weighted by Gasteiger charge is -2.25. The first-order valence-corrected chi connectivity index (χ1v) is 9.15. The van der Waals surface area contributed by atoms with E-state index in [0.29, 0.717) is 36.7 Å².